The van der Waals surface area contributed by atoms with Crippen molar-refractivity contribution in [3.8, 4) is 0 Å². The van der Waals surface area contributed by atoms with E-state index < -0.39 is 11.7 Å². The summed E-state index contributed by atoms with van der Waals surface area (Å²) in [4.78, 5) is 0. The van der Waals surface area contributed by atoms with E-state index in [9.17, 15) is 13.2 Å². The second-order valence-electron chi connectivity index (χ2n) is 5.03. The molecule has 1 unspecified atom stereocenters. The quantitative estimate of drug-likeness (QED) is 0.835. The van der Waals surface area contributed by atoms with Crippen LogP contribution in [0.3, 0.4) is 0 Å². The summed E-state index contributed by atoms with van der Waals surface area (Å²) in [5, 5.41) is 12.3. The van der Waals surface area contributed by atoms with E-state index in [0.717, 1.165) is 17.7 Å². The molecule has 0 amide bonds. The van der Waals surface area contributed by atoms with Gasteiger partial charge in [0.15, 0.2) is 0 Å². The summed E-state index contributed by atoms with van der Waals surface area (Å²) in [7, 11) is 0. The Labute approximate surface area is 110 Å². The SMILES string of the molecule is OCCC(NCc1ccc(C(F)(F)F)cc1)C1CC1. The molecule has 1 aliphatic rings. The van der Waals surface area contributed by atoms with Crippen LogP contribution in [0, 0.1) is 5.92 Å². The van der Waals surface area contributed by atoms with E-state index >= 15 is 0 Å². The first-order chi connectivity index (χ1) is 9.00. The first-order valence-corrected chi connectivity index (χ1v) is 6.51. The average molecular weight is 273 g/mol. The van der Waals surface area contributed by atoms with Crippen LogP contribution in [-0.4, -0.2) is 17.8 Å². The highest BCUT2D eigenvalue weighted by molar-refractivity contribution is 5.24. The van der Waals surface area contributed by atoms with E-state index in [4.69, 9.17) is 5.11 Å². The third-order valence-electron chi connectivity index (χ3n) is 3.48. The van der Waals surface area contributed by atoms with Crippen LogP contribution in [0.2, 0.25) is 0 Å². The summed E-state index contributed by atoms with van der Waals surface area (Å²) < 4.78 is 37.2. The molecule has 106 valence electrons. The summed E-state index contributed by atoms with van der Waals surface area (Å²) >= 11 is 0. The Morgan fingerprint density at radius 2 is 1.84 bits per heavy atom. The number of alkyl halides is 3. The standard InChI is InChI=1S/C14H18F3NO/c15-14(16,17)12-5-1-10(2-6-12)9-18-13(7-8-19)11-3-4-11/h1-2,5-6,11,13,18-19H,3-4,7-9H2. The molecule has 1 aromatic rings. The number of hydrogen-bond acceptors (Lipinski definition) is 2. The number of aliphatic hydroxyl groups excluding tert-OH is 1. The van der Waals surface area contributed by atoms with Gasteiger partial charge in [0.1, 0.15) is 0 Å². The lowest BCUT2D eigenvalue weighted by Crippen LogP contribution is -2.31. The highest BCUT2D eigenvalue weighted by Crippen LogP contribution is 2.34. The van der Waals surface area contributed by atoms with Crippen LogP contribution in [0.25, 0.3) is 0 Å². The summed E-state index contributed by atoms with van der Waals surface area (Å²) in [5.74, 6) is 0.613. The van der Waals surface area contributed by atoms with Crippen LogP contribution in [-0.2, 0) is 12.7 Å². The molecule has 5 heteroatoms. The second-order valence-corrected chi connectivity index (χ2v) is 5.03. The molecule has 1 fully saturated rings. The van der Waals surface area contributed by atoms with Crippen LogP contribution in [0.15, 0.2) is 24.3 Å². The predicted molar refractivity (Wildman–Crippen MR) is 66.5 cm³/mol. The minimum Gasteiger partial charge on any atom is -0.396 e. The number of nitrogens with one attached hydrogen (secondary N) is 1. The normalized spacial score (nSPS) is 17.5. The zero-order chi connectivity index (χ0) is 13.9. The smallest absolute Gasteiger partial charge is 0.396 e. The largest absolute Gasteiger partial charge is 0.416 e. The number of hydrogen-bond donors (Lipinski definition) is 2. The number of halogens is 3. The van der Waals surface area contributed by atoms with Crippen molar-refractivity contribution in [2.45, 2.75) is 38.0 Å². The van der Waals surface area contributed by atoms with Crippen molar-refractivity contribution in [3.05, 3.63) is 35.4 Å². The zero-order valence-electron chi connectivity index (χ0n) is 10.6. The van der Waals surface area contributed by atoms with Gasteiger partial charge in [-0.05, 0) is 42.9 Å². The van der Waals surface area contributed by atoms with Gasteiger partial charge >= 0.3 is 6.18 Å². The van der Waals surface area contributed by atoms with E-state index in [1.807, 2.05) is 0 Å². The maximum atomic E-state index is 12.4. The van der Waals surface area contributed by atoms with Crippen molar-refractivity contribution in [2.24, 2.45) is 5.92 Å². The molecule has 0 spiro atoms. The fourth-order valence-electron chi connectivity index (χ4n) is 2.20. The molecule has 2 rings (SSSR count). The zero-order valence-corrected chi connectivity index (χ0v) is 10.6. The molecule has 0 bridgehead atoms. The van der Waals surface area contributed by atoms with Gasteiger partial charge in [-0.15, -0.1) is 0 Å². The Kier molecular flexibility index (Phi) is 4.47. The number of benzene rings is 1. The maximum absolute atomic E-state index is 12.4. The van der Waals surface area contributed by atoms with Gasteiger partial charge in [-0.2, -0.15) is 13.2 Å². The first kappa shape index (κ1) is 14.3. The van der Waals surface area contributed by atoms with Crippen molar-refractivity contribution < 1.29 is 18.3 Å². The Bertz CT molecular complexity index is 398. The fraction of sp³-hybridized carbons (Fsp3) is 0.571. The number of rotatable bonds is 6. The van der Waals surface area contributed by atoms with Gasteiger partial charge in [0, 0.05) is 19.2 Å². The third-order valence-corrected chi connectivity index (χ3v) is 3.48. The molecular formula is C14H18F3NO. The molecule has 19 heavy (non-hydrogen) atoms. The lowest BCUT2D eigenvalue weighted by atomic mass is 10.1. The van der Waals surface area contributed by atoms with E-state index in [2.05, 4.69) is 5.32 Å². The molecule has 1 aromatic carbocycles. The highest BCUT2D eigenvalue weighted by Gasteiger charge is 2.31. The Morgan fingerprint density at radius 1 is 1.21 bits per heavy atom. The van der Waals surface area contributed by atoms with Crippen LogP contribution >= 0.6 is 0 Å². The minimum atomic E-state index is -4.28. The lowest BCUT2D eigenvalue weighted by molar-refractivity contribution is -0.137. The molecule has 2 N–H and O–H groups in total. The molecule has 2 nitrogen and oxygen atoms in total. The van der Waals surface area contributed by atoms with Crippen molar-refractivity contribution in [2.75, 3.05) is 6.61 Å². The summed E-state index contributed by atoms with van der Waals surface area (Å²) in [6.45, 7) is 0.681. The fourth-order valence-corrected chi connectivity index (χ4v) is 2.20. The van der Waals surface area contributed by atoms with Gasteiger partial charge in [-0.3, -0.25) is 0 Å². The molecule has 0 saturated heterocycles. The Morgan fingerprint density at radius 3 is 2.32 bits per heavy atom. The monoisotopic (exact) mass is 273 g/mol. The third kappa shape index (κ3) is 4.21. The number of aliphatic hydroxyl groups is 1. The van der Waals surface area contributed by atoms with Crippen LogP contribution < -0.4 is 5.32 Å². The van der Waals surface area contributed by atoms with Crippen molar-refractivity contribution in [1.29, 1.82) is 0 Å². The summed E-state index contributed by atoms with van der Waals surface area (Å²) in [5.41, 5.74) is 0.210. The molecule has 0 radical (unpaired) electrons. The molecule has 1 aliphatic carbocycles. The summed E-state index contributed by atoms with van der Waals surface area (Å²) in [6, 6.07) is 5.48. The van der Waals surface area contributed by atoms with Crippen LogP contribution in [0.4, 0.5) is 13.2 Å². The molecule has 0 aliphatic heterocycles. The Balaban J connectivity index is 1.88. The van der Waals surface area contributed by atoms with Gasteiger partial charge in [-0.25, -0.2) is 0 Å². The molecule has 1 atom stereocenters. The molecule has 0 aromatic heterocycles. The van der Waals surface area contributed by atoms with Gasteiger partial charge in [-0.1, -0.05) is 12.1 Å². The second kappa shape index (κ2) is 5.92. The van der Waals surface area contributed by atoms with Crippen LogP contribution in [0.1, 0.15) is 30.4 Å². The van der Waals surface area contributed by atoms with Gasteiger partial charge in [0.25, 0.3) is 0 Å². The van der Waals surface area contributed by atoms with Gasteiger partial charge < -0.3 is 10.4 Å². The van der Waals surface area contributed by atoms with E-state index in [1.165, 1.54) is 25.0 Å². The van der Waals surface area contributed by atoms with Crippen LogP contribution in [0.5, 0.6) is 0 Å². The van der Waals surface area contributed by atoms with Crippen molar-refractivity contribution in [3.63, 3.8) is 0 Å². The molecule has 0 heterocycles. The van der Waals surface area contributed by atoms with Gasteiger partial charge in [0.05, 0.1) is 5.56 Å². The van der Waals surface area contributed by atoms with E-state index in [1.54, 1.807) is 0 Å². The minimum absolute atomic E-state index is 0.140. The molecule has 1 saturated carbocycles. The topological polar surface area (TPSA) is 32.3 Å². The summed E-state index contributed by atoms with van der Waals surface area (Å²) in [6.07, 6.45) is -1.24. The van der Waals surface area contributed by atoms with Crippen molar-refractivity contribution in [1.82, 2.24) is 5.32 Å². The highest BCUT2D eigenvalue weighted by atomic mass is 19.4. The first-order valence-electron chi connectivity index (χ1n) is 6.51. The average Bonchev–Trinajstić information content (AvgIpc) is 3.18. The maximum Gasteiger partial charge on any atom is 0.416 e. The van der Waals surface area contributed by atoms with Gasteiger partial charge in [0.2, 0.25) is 0 Å². The van der Waals surface area contributed by atoms with Crippen molar-refractivity contribution >= 4 is 0 Å². The Hall–Kier alpha value is -1.07. The molecular weight excluding hydrogens is 255 g/mol. The van der Waals surface area contributed by atoms with E-state index in [-0.39, 0.29) is 12.6 Å². The predicted octanol–water partition coefficient (Wildman–Crippen LogP) is 2.96. The van der Waals surface area contributed by atoms with E-state index in [0.29, 0.717) is 18.9 Å². The lowest BCUT2D eigenvalue weighted by Gasteiger charge is -2.17.